The van der Waals surface area contributed by atoms with Crippen LogP contribution in [-0.4, -0.2) is 56.0 Å². The van der Waals surface area contributed by atoms with Crippen LogP contribution in [0.2, 0.25) is 0 Å². The lowest BCUT2D eigenvalue weighted by molar-refractivity contribution is -0.304. The van der Waals surface area contributed by atoms with E-state index in [0.717, 1.165) is 35.8 Å². The first-order valence-electron chi connectivity index (χ1n) is 14.5. The van der Waals surface area contributed by atoms with Crippen molar-refractivity contribution in [2.75, 3.05) is 0 Å². The Morgan fingerprint density at radius 1 is 1.07 bits per heavy atom. The zero-order valence-electron chi connectivity index (χ0n) is 25.4. The number of rotatable bonds is 7. The van der Waals surface area contributed by atoms with E-state index in [1.54, 1.807) is 12.3 Å². The standard InChI is InChI=1S/C29H46N4O6S2/c1-8-22(34)33(29(39-28(5,6)7)15-13-18(14-16-29)23(30)40)38-25(35)21-17-41-24(32-21)19-9-11-20(12-10-19)31-26(36)37-27(2,3)4/h17-20H,8-16H2,1-7H3,(H2,30,40)(H,31,36). The molecule has 0 saturated heterocycles. The highest BCUT2D eigenvalue weighted by Gasteiger charge is 2.49. The van der Waals surface area contributed by atoms with Crippen molar-refractivity contribution in [2.24, 2.45) is 11.7 Å². The zero-order valence-corrected chi connectivity index (χ0v) is 27.0. The van der Waals surface area contributed by atoms with Crippen LogP contribution in [0.1, 0.15) is 128 Å². The van der Waals surface area contributed by atoms with E-state index in [9.17, 15) is 14.4 Å². The Hall–Kier alpha value is -2.31. The fraction of sp³-hybridized carbons (Fsp3) is 0.759. The Morgan fingerprint density at radius 3 is 2.20 bits per heavy atom. The highest BCUT2D eigenvalue weighted by molar-refractivity contribution is 7.80. The van der Waals surface area contributed by atoms with E-state index in [-0.39, 0.29) is 35.9 Å². The smallest absolute Gasteiger partial charge is 0.407 e. The highest BCUT2D eigenvalue weighted by Crippen LogP contribution is 2.41. The van der Waals surface area contributed by atoms with Crippen LogP contribution in [0.3, 0.4) is 0 Å². The summed E-state index contributed by atoms with van der Waals surface area (Å²) in [5.41, 5.74) is 3.81. The second kappa shape index (κ2) is 13.3. The second-order valence-corrected chi connectivity index (χ2v) is 14.4. The topological polar surface area (TPSA) is 133 Å². The number of ether oxygens (including phenoxy) is 2. The third kappa shape index (κ3) is 9.34. The van der Waals surface area contributed by atoms with E-state index in [1.165, 1.54) is 11.3 Å². The molecule has 0 radical (unpaired) electrons. The average molecular weight is 611 g/mol. The van der Waals surface area contributed by atoms with Crippen molar-refractivity contribution in [3.05, 3.63) is 16.1 Å². The van der Waals surface area contributed by atoms with Gasteiger partial charge in [0.25, 0.3) is 5.91 Å². The van der Waals surface area contributed by atoms with E-state index < -0.39 is 29.0 Å². The molecule has 1 aromatic rings. The fourth-order valence-electron chi connectivity index (χ4n) is 5.43. The van der Waals surface area contributed by atoms with Crippen molar-refractivity contribution in [3.63, 3.8) is 0 Å². The number of amides is 2. The quantitative estimate of drug-likeness (QED) is 0.217. The van der Waals surface area contributed by atoms with E-state index >= 15 is 0 Å². The summed E-state index contributed by atoms with van der Waals surface area (Å²) < 4.78 is 11.8. The molecule has 0 aromatic carbocycles. The summed E-state index contributed by atoms with van der Waals surface area (Å²) in [5.74, 6) is -0.811. The molecule has 2 fully saturated rings. The van der Waals surface area contributed by atoms with Gasteiger partial charge in [-0.1, -0.05) is 19.1 Å². The Morgan fingerprint density at radius 2 is 1.68 bits per heavy atom. The number of hydrogen-bond donors (Lipinski definition) is 2. The Labute approximate surface area is 253 Å². The molecule has 230 valence electrons. The van der Waals surface area contributed by atoms with Gasteiger partial charge in [-0.05, 0) is 92.9 Å². The van der Waals surface area contributed by atoms with Crippen molar-refractivity contribution in [1.82, 2.24) is 15.4 Å². The van der Waals surface area contributed by atoms with Gasteiger partial charge < -0.3 is 25.4 Å². The lowest BCUT2D eigenvalue weighted by Gasteiger charge is -2.48. The minimum absolute atomic E-state index is 0.0434. The van der Waals surface area contributed by atoms with Gasteiger partial charge >= 0.3 is 12.1 Å². The number of hydroxylamine groups is 2. The molecular formula is C29H46N4O6S2. The fourth-order valence-corrected chi connectivity index (χ4v) is 6.63. The number of nitrogens with two attached hydrogens (primary N) is 1. The molecule has 0 atom stereocenters. The van der Waals surface area contributed by atoms with Gasteiger partial charge in [0.2, 0.25) is 0 Å². The second-order valence-electron chi connectivity index (χ2n) is 13.0. The molecular weight excluding hydrogens is 564 g/mol. The van der Waals surface area contributed by atoms with Crippen LogP contribution in [0.5, 0.6) is 0 Å². The molecule has 1 aromatic heterocycles. The van der Waals surface area contributed by atoms with Gasteiger partial charge in [0.05, 0.1) is 15.6 Å². The first-order valence-corrected chi connectivity index (χ1v) is 15.8. The van der Waals surface area contributed by atoms with Gasteiger partial charge in [0.1, 0.15) is 5.60 Å². The van der Waals surface area contributed by atoms with E-state index in [0.29, 0.717) is 30.7 Å². The molecule has 3 N–H and O–H groups in total. The Bertz CT molecular complexity index is 1090. The third-order valence-electron chi connectivity index (χ3n) is 7.27. The molecule has 10 nitrogen and oxygen atoms in total. The molecule has 41 heavy (non-hydrogen) atoms. The number of thiocarbonyl (C=S) groups is 1. The van der Waals surface area contributed by atoms with E-state index in [4.69, 9.17) is 32.3 Å². The van der Waals surface area contributed by atoms with Gasteiger partial charge in [-0.2, -0.15) is 0 Å². The van der Waals surface area contributed by atoms with Crippen molar-refractivity contribution in [3.8, 4) is 0 Å². The first kappa shape index (κ1) is 33.2. The van der Waals surface area contributed by atoms with Crippen LogP contribution < -0.4 is 11.1 Å². The minimum atomic E-state index is -1.12. The summed E-state index contributed by atoms with van der Waals surface area (Å²) in [7, 11) is 0. The Balaban J connectivity index is 1.69. The van der Waals surface area contributed by atoms with Crippen LogP contribution in [0.4, 0.5) is 4.79 Å². The molecule has 0 unspecified atom stereocenters. The lowest BCUT2D eigenvalue weighted by atomic mass is 9.82. The molecule has 1 heterocycles. The number of alkyl carbamates (subject to hydrolysis) is 1. The maximum Gasteiger partial charge on any atom is 0.407 e. The molecule has 2 aliphatic rings. The summed E-state index contributed by atoms with van der Waals surface area (Å²) in [6.45, 7) is 13.0. The molecule has 0 aliphatic heterocycles. The average Bonchev–Trinajstić information content (AvgIpc) is 3.36. The molecule has 12 heteroatoms. The number of thiazole rings is 1. The number of nitrogens with one attached hydrogen (secondary N) is 1. The molecule has 3 rings (SSSR count). The maximum absolute atomic E-state index is 13.4. The first-order chi connectivity index (χ1) is 19.0. The van der Waals surface area contributed by atoms with Gasteiger partial charge in [-0.25, -0.2) is 14.6 Å². The normalized spacial score (nSPS) is 25.2. The molecule has 0 bridgehead atoms. The number of nitrogens with zero attached hydrogens (tertiary/aromatic N) is 2. The monoisotopic (exact) mass is 610 g/mol. The number of aromatic nitrogens is 1. The molecule has 2 amide bonds. The predicted molar refractivity (Wildman–Crippen MR) is 161 cm³/mol. The SMILES string of the molecule is CCC(=O)N(OC(=O)c1csc(C2CCC(NC(=O)OC(C)(C)C)CC2)n1)C1(OC(C)(C)C)CCC(C(N)=S)CC1. The van der Waals surface area contributed by atoms with Crippen molar-refractivity contribution in [2.45, 2.75) is 135 Å². The summed E-state index contributed by atoms with van der Waals surface area (Å²) in [6.07, 6.45) is 5.12. The van der Waals surface area contributed by atoms with Gasteiger partial charge in [0, 0.05) is 29.7 Å². The van der Waals surface area contributed by atoms with Crippen LogP contribution in [0, 0.1) is 5.92 Å². The number of carbonyl (C=O) groups excluding carboxylic acids is 3. The Kier molecular flexibility index (Phi) is 10.8. The van der Waals surface area contributed by atoms with Crippen molar-refractivity contribution < 1.29 is 28.7 Å². The number of carbonyl (C=O) groups is 3. The van der Waals surface area contributed by atoms with Crippen molar-refractivity contribution >= 4 is 46.5 Å². The molecule has 2 aliphatic carbocycles. The summed E-state index contributed by atoms with van der Waals surface area (Å²) in [4.78, 5) is 49.5. The third-order valence-corrected chi connectivity index (χ3v) is 8.61. The minimum Gasteiger partial charge on any atom is -0.444 e. The lowest BCUT2D eigenvalue weighted by Crippen LogP contribution is -2.58. The van der Waals surface area contributed by atoms with Crippen LogP contribution in [0.15, 0.2) is 5.38 Å². The summed E-state index contributed by atoms with van der Waals surface area (Å²) in [5, 5.41) is 6.62. The van der Waals surface area contributed by atoms with E-state index in [1.807, 2.05) is 41.5 Å². The summed E-state index contributed by atoms with van der Waals surface area (Å²) >= 11 is 6.62. The van der Waals surface area contributed by atoms with Gasteiger partial charge in [-0.3, -0.25) is 4.79 Å². The predicted octanol–water partition coefficient (Wildman–Crippen LogP) is 5.99. The van der Waals surface area contributed by atoms with Crippen LogP contribution in [0.25, 0.3) is 0 Å². The highest BCUT2D eigenvalue weighted by atomic mass is 32.1. The number of hydrogen-bond acceptors (Lipinski definition) is 9. The molecule has 0 spiro atoms. The zero-order chi connectivity index (χ0) is 30.6. The molecule has 2 saturated carbocycles. The van der Waals surface area contributed by atoms with Crippen LogP contribution in [-0.2, 0) is 19.1 Å². The van der Waals surface area contributed by atoms with Gasteiger partial charge in [0.15, 0.2) is 11.4 Å². The van der Waals surface area contributed by atoms with Crippen molar-refractivity contribution in [1.29, 1.82) is 0 Å². The largest absolute Gasteiger partial charge is 0.444 e. The van der Waals surface area contributed by atoms with Crippen LogP contribution >= 0.6 is 23.6 Å². The summed E-state index contributed by atoms with van der Waals surface area (Å²) in [6, 6.07) is 0.0434. The maximum atomic E-state index is 13.4. The van der Waals surface area contributed by atoms with Gasteiger partial charge in [-0.15, -0.1) is 16.4 Å². The van der Waals surface area contributed by atoms with E-state index in [2.05, 4.69) is 10.3 Å².